The Hall–Kier alpha value is -3.01. The van der Waals surface area contributed by atoms with Gasteiger partial charge in [0.15, 0.2) is 11.5 Å². The van der Waals surface area contributed by atoms with Crippen LogP contribution in [0.3, 0.4) is 0 Å². The van der Waals surface area contributed by atoms with Crippen LogP contribution in [0.5, 0.6) is 17.2 Å². The van der Waals surface area contributed by atoms with Gasteiger partial charge in [-0.2, -0.15) is 0 Å². The second kappa shape index (κ2) is 5.77. The quantitative estimate of drug-likeness (QED) is 0.770. The van der Waals surface area contributed by atoms with Gasteiger partial charge < -0.3 is 14.9 Å². The highest BCUT2D eigenvalue weighted by Crippen LogP contribution is 2.30. The van der Waals surface area contributed by atoms with Gasteiger partial charge in [0.25, 0.3) is 0 Å². The highest BCUT2D eigenvalue weighted by Gasteiger charge is 2.05. The fourth-order valence-electron chi connectivity index (χ4n) is 2.25. The van der Waals surface area contributed by atoms with Crippen molar-refractivity contribution in [2.24, 2.45) is 0 Å². The first kappa shape index (κ1) is 13.9. The van der Waals surface area contributed by atoms with E-state index in [2.05, 4.69) is 4.98 Å². The largest absolute Gasteiger partial charge is 0.506 e. The summed E-state index contributed by atoms with van der Waals surface area (Å²) in [5, 5.41) is 20.8. The summed E-state index contributed by atoms with van der Waals surface area (Å²) >= 11 is 0. The maximum absolute atomic E-state index is 10.0. The van der Waals surface area contributed by atoms with E-state index in [1.165, 1.54) is 7.11 Å². The molecule has 2 aromatic carbocycles. The van der Waals surface area contributed by atoms with Crippen LogP contribution in [-0.2, 0) is 0 Å². The maximum atomic E-state index is 10.0. The van der Waals surface area contributed by atoms with E-state index in [1.54, 1.807) is 42.5 Å². The van der Waals surface area contributed by atoms with E-state index >= 15 is 0 Å². The molecular formula is C18H15NO3. The van der Waals surface area contributed by atoms with Crippen molar-refractivity contribution in [3.8, 4) is 17.2 Å². The number of aromatic hydroxyl groups is 2. The SMILES string of the molecule is COc1cccc(C=Cc2ccc3cccc(O)c3n2)c1O. The topological polar surface area (TPSA) is 62.6 Å². The lowest BCUT2D eigenvalue weighted by Gasteiger charge is -2.05. The highest BCUT2D eigenvalue weighted by molar-refractivity contribution is 5.86. The summed E-state index contributed by atoms with van der Waals surface area (Å²) in [6.07, 6.45) is 3.53. The molecule has 0 aliphatic rings. The Bertz CT molecular complexity index is 856. The van der Waals surface area contributed by atoms with Crippen molar-refractivity contribution in [3.05, 3.63) is 59.8 Å². The summed E-state index contributed by atoms with van der Waals surface area (Å²) in [6, 6.07) is 14.3. The molecule has 1 heterocycles. The third-order valence-corrected chi connectivity index (χ3v) is 3.40. The molecule has 0 saturated carbocycles. The lowest BCUT2D eigenvalue weighted by atomic mass is 10.1. The molecule has 0 atom stereocenters. The first-order valence-corrected chi connectivity index (χ1v) is 6.82. The Balaban J connectivity index is 1.98. The molecule has 0 aliphatic carbocycles. The van der Waals surface area contributed by atoms with Gasteiger partial charge in [0, 0.05) is 10.9 Å². The van der Waals surface area contributed by atoms with Gasteiger partial charge in [-0.3, -0.25) is 0 Å². The van der Waals surface area contributed by atoms with Crippen LogP contribution in [0.1, 0.15) is 11.3 Å². The first-order chi connectivity index (χ1) is 10.7. The van der Waals surface area contributed by atoms with Gasteiger partial charge in [-0.05, 0) is 30.4 Å². The molecule has 3 rings (SSSR count). The number of hydrogen-bond donors (Lipinski definition) is 2. The van der Waals surface area contributed by atoms with Crippen molar-refractivity contribution in [2.45, 2.75) is 0 Å². The number of hydrogen-bond acceptors (Lipinski definition) is 4. The number of methoxy groups -OCH3 is 1. The molecular weight excluding hydrogens is 278 g/mol. The zero-order chi connectivity index (χ0) is 15.5. The third kappa shape index (κ3) is 2.59. The number of rotatable bonds is 3. The standard InChI is InChI=1S/C18H15NO3/c1-22-16-7-3-5-13(18(16)21)9-11-14-10-8-12-4-2-6-15(20)17(12)19-14/h2-11,20-21H,1H3. The van der Waals surface area contributed by atoms with Gasteiger partial charge in [-0.1, -0.05) is 30.3 Å². The Labute approximate surface area is 127 Å². The normalized spacial score (nSPS) is 11.1. The fraction of sp³-hybridized carbons (Fsp3) is 0.0556. The van der Waals surface area contributed by atoms with Crippen LogP contribution in [0.25, 0.3) is 23.1 Å². The molecule has 0 radical (unpaired) electrons. The van der Waals surface area contributed by atoms with Crippen LogP contribution in [0, 0.1) is 0 Å². The predicted molar refractivity (Wildman–Crippen MR) is 87.0 cm³/mol. The molecule has 0 unspecified atom stereocenters. The Kier molecular flexibility index (Phi) is 3.66. The molecule has 3 aromatic rings. The van der Waals surface area contributed by atoms with E-state index in [0.717, 1.165) is 5.39 Å². The average Bonchev–Trinajstić information content (AvgIpc) is 2.54. The van der Waals surface area contributed by atoms with Crippen LogP contribution < -0.4 is 4.74 Å². The zero-order valence-electron chi connectivity index (χ0n) is 12.0. The van der Waals surface area contributed by atoms with Crippen molar-refractivity contribution < 1.29 is 14.9 Å². The Morgan fingerprint density at radius 3 is 2.59 bits per heavy atom. The average molecular weight is 293 g/mol. The number of ether oxygens (including phenoxy) is 1. The van der Waals surface area contributed by atoms with E-state index in [0.29, 0.717) is 22.5 Å². The van der Waals surface area contributed by atoms with Gasteiger partial charge in [0.05, 0.1) is 12.8 Å². The summed E-state index contributed by atoms with van der Waals surface area (Å²) in [5.41, 5.74) is 1.88. The lowest BCUT2D eigenvalue weighted by molar-refractivity contribution is 0.373. The summed E-state index contributed by atoms with van der Waals surface area (Å²) in [6.45, 7) is 0. The molecule has 0 spiro atoms. The molecule has 0 fully saturated rings. The molecule has 0 amide bonds. The minimum absolute atomic E-state index is 0.0879. The van der Waals surface area contributed by atoms with E-state index in [9.17, 15) is 10.2 Å². The number of benzene rings is 2. The van der Waals surface area contributed by atoms with Crippen LogP contribution in [0.4, 0.5) is 0 Å². The summed E-state index contributed by atoms with van der Waals surface area (Å²) < 4.78 is 5.08. The molecule has 0 bridgehead atoms. The molecule has 4 heteroatoms. The fourth-order valence-corrected chi connectivity index (χ4v) is 2.25. The number of para-hydroxylation sites is 2. The van der Waals surface area contributed by atoms with Crippen LogP contribution >= 0.6 is 0 Å². The molecule has 2 N–H and O–H groups in total. The molecule has 4 nitrogen and oxygen atoms in total. The number of aromatic nitrogens is 1. The second-order valence-corrected chi connectivity index (χ2v) is 4.82. The van der Waals surface area contributed by atoms with E-state index in [1.807, 2.05) is 18.2 Å². The zero-order valence-corrected chi connectivity index (χ0v) is 12.0. The second-order valence-electron chi connectivity index (χ2n) is 4.82. The minimum atomic E-state index is 0.0879. The van der Waals surface area contributed by atoms with Crippen molar-refractivity contribution >= 4 is 23.1 Å². The van der Waals surface area contributed by atoms with Crippen LogP contribution in [0.2, 0.25) is 0 Å². The smallest absolute Gasteiger partial charge is 0.165 e. The number of fused-ring (bicyclic) bond motifs is 1. The molecule has 1 aromatic heterocycles. The van der Waals surface area contributed by atoms with E-state index in [4.69, 9.17) is 4.74 Å². The maximum Gasteiger partial charge on any atom is 0.165 e. The minimum Gasteiger partial charge on any atom is -0.506 e. The number of phenols is 2. The van der Waals surface area contributed by atoms with Crippen LogP contribution in [0.15, 0.2) is 48.5 Å². The monoisotopic (exact) mass is 293 g/mol. The van der Waals surface area contributed by atoms with Crippen molar-refractivity contribution in [3.63, 3.8) is 0 Å². The Morgan fingerprint density at radius 1 is 0.955 bits per heavy atom. The Morgan fingerprint density at radius 2 is 1.77 bits per heavy atom. The van der Waals surface area contributed by atoms with Gasteiger partial charge in [-0.15, -0.1) is 0 Å². The molecule has 110 valence electrons. The van der Waals surface area contributed by atoms with Crippen LogP contribution in [-0.4, -0.2) is 22.3 Å². The molecule has 0 saturated heterocycles. The summed E-state index contributed by atoms with van der Waals surface area (Å²) in [4.78, 5) is 4.41. The van der Waals surface area contributed by atoms with Crippen molar-refractivity contribution in [1.82, 2.24) is 4.98 Å². The summed E-state index contributed by atoms with van der Waals surface area (Å²) in [5.74, 6) is 0.660. The lowest BCUT2D eigenvalue weighted by Crippen LogP contribution is -1.86. The third-order valence-electron chi connectivity index (χ3n) is 3.40. The first-order valence-electron chi connectivity index (χ1n) is 6.82. The molecule has 0 aliphatic heterocycles. The van der Waals surface area contributed by atoms with Gasteiger partial charge >= 0.3 is 0 Å². The van der Waals surface area contributed by atoms with Gasteiger partial charge in [0.1, 0.15) is 11.3 Å². The number of phenolic OH excluding ortho intramolecular Hbond substituents is 2. The summed E-state index contributed by atoms with van der Waals surface area (Å²) in [7, 11) is 1.51. The van der Waals surface area contributed by atoms with Crippen molar-refractivity contribution in [1.29, 1.82) is 0 Å². The number of nitrogens with zero attached hydrogens (tertiary/aromatic N) is 1. The molecule has 22 heavy (non-hydrogen) atoms. The van der Waals surface area contributed by atoms with E-state index in [-0.39, 0.29) is 11.5 Å². The van der Waals surface area contributed by atoms with Crippen molar-refractivity contribution in [2.75, 3.05) is 7.11 Å². The van der Waals surface area contributed by atoms with E-state index < -0.39 is 0 Å². The number of pyridine rings is 1. The predicted octanol–water partition coefficient (Wildman–Crippen LogP) is 3.83. The van der Waals surface area contributed by atoms with Gasteiger partial charge in [0.2, 0.25) is 0 Å². The highest BCUT2D eigenvalue weighted by atomic mass is 16.5. The van der Waals surface area contributed by atoms with Gasteiger partial charge in [-0.25, -0.2) is 4.98 Å².